The van der Waals surface area contributed by atoms with Crippen molar-refractivity contribution >= 4 is 28.7 Å². The van der Waals surface area contributed by atoms with Crippen molar-refractivity contribution in [1.82, 2.24) is 19.5 Å². The van der Waals surface area contributed by atoms with Gasteiger partial charge in [0.25, 0.3) is 5.56 Å². The van der Waals surface area contributed by atoms with Gasteiger partial charge in [-0.25, -0.2) is 9.97 Å². The Morgan fingerprint density at radius 1 is 1.14 bits per heavy atom. The molecule has 3 aromatic heterocycles. The van der Waals surface area contributed by atoms with Gasteiger partial charge in [-0.1, -0.05) is 20.3 Å². The maximum Gasteiger partial charge on any atom is 0.264 e. The van der Waals surface area contributed by atoms with E-state index in [2.05, 4.69) is 20.3 Å². The van der Waals surface area contributed by atoms with Gasteiger partial charge in [0, 0.05) is 36.5 Å². The highest BCUT2D eigenvalue weighted by atomic mass is 16.1. The van der Waals surface area contributed by atoms with E-state index in [0.29, 0.717) is 29.8 Å². The molecule has 0 bridgehead atoms. The van der Waals surface area contributed by atoms with Crippen LogP contribution in [0.2, 0.25) is 0 Å². The third-order valence-electron chi connectivity index (χ3n) is 4.41. The summed E-state index contributed by atoms with van der Waals surface area (Å²) in [7, 11) is 0. The summed E-state index contributed by atoms with van der Waals surface area (Å²) in [5.74, 6) is 0.623. The Bertz CT molecular complexity index is 1040. The third-order valence-corrected chi connectivity index (χ3v) is 4.41. The van der Waals surface area contributed by atoms with E-state index in [0.717, 1.165) is 30.4 Å². The predicted molar refractivity (Wildman–Crippen MR) is 110 cm³/mol. The number of nitrogens with two attached hydrogens (primary N) is 1. The molecule has 8 heteroatoms. The summed E-state index contributed by atoms with van der Waals surface area (Å²) in [5, 5.41) is 3.19. The lowest BCUT2D eigenvalue weighted by Crippen LogP contribution is -2.24. The van der Waals surface area contributed by atoms with Gasteiger partial charge < -0.3 is 11.1 Å². The number of nitrogen functional groups attached to an aromatic ring is 1. The summed E-state index contributed by atoms with van der Waals surface area (Å²) >= 11 is 0. The minimum absolute atomic E-state index is 0.0467. The first-order chi connectivity index (χ1) is 13.5. The number of amides is 1. The SMILES string of the molecule is CCCCC(=O)Nc1ccc(-c2cnc3nc(N)n(CCC)c(=O)c3c2)cn1. The van der Waals surface area contributed by atoms with Crippen molar-refractivity contribution < 1.29 is 4.79 Å². The first kappa shape index (κ1) is 19.5. The van der Waals surface area contributed by atoms with Crippen molar-refractivity contribution in [2.75, 3.05) is 11.1 Å². The average Bonchev–Trinajstić information content (AvgIpc) is 2.70. The van der Waals surface area contributed by atoms with Crippen LogP contribution in [-0.4, -0.2) is 25.4 Å². The molecule has 28 heavy (non-hydrogen) atoms. The van der Waals surface area contributed by atoms with Gasteiger partial charge in [-0.15, -0.1) is 0 Å². The molecule has 3 N–H and O–H groups in total. The Balaban J connectivity index is 1.89. The van der Waals surface area contributed by atoms with Crippen molar-refractivity contribution in [2.24, 2.45) is 0 Å². The largest absolute Gasteiger partial charge is 0.369 e. The molecule has 3 aromatic rings. The van der Waals surface area contributed by atoms with Gasteiger partial charge in [0.15, 0.2) is 5.65 Å². The van der Waals surface area contributed by atoms with Crippen LogP contribution in [-0.2, 0) is 11.3 Å². The Morgan fingerprint density at radius 3 is 2.61 bits per heavy atom. The van der Waals surface area contributed by atoms with Crippen molar-refractivity contribution in [2.45, 2.75) is 46.1 Å². The molecular weight excluding hydrogens is 356 g/mol. The number of fused-ring (bicyclic) bond motifs is 1. The number of anilines is 2. The normalized spacial score (nSPS) is 10.9. The lowest BCUT2D eigenvalue weighted by molar-refractivity contribution is -0.116. The van der Waals surface area contributed by atoms with E-state index in [4.69, 9.17) is 5.73 Å². The Kier molecular flexibility index (Phi) is 5.98. The Hall–Kier alpha value is -3.29. The molecule has 1 amide bonds. The van der Waals surface area contributed by atoms with Gasteiger partial charge in [-0.2, -0.15) is 4.98 Å². The fourth-order valence-electron chi connectivity index (χ4n) is 2.90. The van der Waals surface area contributed by atoms with Crippen molar-refractivity contribution in [1.29, 1.82) is 0 Å². The Labute approximate surface area is 162 Å². The number of pyridine rings is 2. The predicted octanol–water partition coefficient (Wildman–Crippen LogP) is 2.97. The second-order valence-electron chi connectivity index (χ2n) is 6.61. The second-order valence-corrected chi connectivity index (χ2v) is 6.61. The van der Waals surface area contributed by atoms with E-state index in [1.54, 1.807) is 24.5 Å². The second kappa shape index (κ2) is 8.60. The monoisotopic (exact) mass is 380 g/mol. The van der Waals surface area contributed by atoms with Gasteiger partial charge in [-0.05, 0) is 31.0 Å². The van der Waals surface area contributed by atoms with Gasteiger partial charge in [0.2, 0.25) is 11.9 Å². The summed E-state index contributed by atoms with van der Waals surface area (Å²) in [6.45, 7) is 4.52. The number of aromatic nitrogens is 4. The van der Waals surface area contributed by atoms with Crippen molar-refractivity contribution in [3.8, 4) is 11.1 Å². The minimum Gasteiger partial charge on any atom is -0.369 e. The summed E-state index contributed by atoms with van der Waals surface area (Å²) < 4.78 is 1.46. The van der Waals surface area contributed by atoms with Crippen LogP contribution in [0.4, 0.5) is 11.8 Å². The minimum atomic E-state index is -0.202. The van der Waals surface area contributed by atoms with Crippen LogP contribution in [0.3, 0.4) is 0 Å². The molecule has 146 valence electrons. The lowest BCUT2D eigenvalue weighted by atomic mass is 10.1. The lowest BCUT2D eigenvalue weighted by Gasteiger charge is -2.10. The number of unbranched alkanes of at least 4 members (excludes halogenated alkanes) is 1. The number of carbonyl (C=O) groups excluding carboxylic acids is 1. The van der Waals surface area contributed by atoms with E-state index in [1.165, 1.54) is 4.57 Å². The van der Waals surface area contributed by atoms with Gasteiger partial charge in [0.1, 0.15) is 5.82 Å². The molecule has 0 aromatic carbocycles. The molecule has 0 saturated carbocycles. The first-order valence-corrected chi connectivity index (χ1v) is 9.45. The quantitative estimate of drug-likeness (QED) is 0.651. The highest BCUT2D eigenvalue weighted by Crippen LogP contribution is 2.21. The summed E-state index contributed by atoms with van der Waals surface area (Å²) in [6, 6.07) is 5.32. The highest BCUT2D eigenvalue weighted by molar-refractivity contribution is 5.90. The number of nitrogens with one attached hydrogen (secondary N) is 1. The van der Waals surface area contributed by atoms with Crippen LogP contribution in [0.15, 0.2) is 35.4 Å². The molecule has 0 aliphatic heterocycles. The topological polar surface area (TPSA) is 116 Å². The number of nitrogens with zero attached hydrogens (tertiary/aromatic N) is 4. The van der Waals surface area contributed by atoms with Crippen molar-refractivity contribution in [3.63, 3.8) is 0 Å². The molecule has 3 rings (SSSR count). The Morgan fingerprint density at radius 2 is 1.93 bits per heavy atom. The molecule has 3 heterocycles. The molecule has 0 aliphatic carbocycles. The molecule has 0 fully saturated rings. The fourth-order valence-corrected chi connectivity index (χ4v) is 2.90. The fraction of sp³-hybridized carbons (Fsp3) is 0.350. The molecule has 0 aliphatic rings. The van der Waals surface area contributed by atoms with Crippen molar-refractivity contribution in [3.05, 3.63) is 40.9 Å². The van der Waals surface area contributed by atoms with E-state index in [9.17, 15) is 9.59 Å². The van der Waals surface area contributed by atoms with Crippen LogP contribution in [0.1, 0.15) is 39.5 Å². The average molecular weight is 380 g/mol. The van der Waals surface area contributed by atoms with E-state index in [-0.39, 0.29) is 17.4 Å². The smallest absolute Gasteiger partial charge is 0.264 e. The van der Waals surface area contributed by atoms with Crippen LogP contribution in [0.5, 0.6) is 0 Å². The van der Waals surface area contributed by atoms with E-state index >= 15 is 0 Å². The molecule has 0 saturated heterocycles. The molecule has 0 radical (unpaired) electrons. The molecule has 0 spiro atoms. The zero-order chi connectivity index (χ0) is 20.1. The summed E-state index contributed by atoms with van der Waals surface area (Å²) in [6.07, 6.45) is 6.35. The van der Waals surface area contributed by atoms with Gasteiger partial charge >= 0.3 is 0 Å². The number of hydrogen-bond donors (Lipinski definition) is 2. The van der Waals surface area contributed by atoms with Crippen LogP contribution in [0.25, 0.3) is 22.2 Å². The molecular formula is C20H24N6O2. The zero-order valence-corrected chi connectivity index (χ0v) is 16.1. The number of rotatable bonds is 7. The molecule has 0 atom stereocenters. The zero-order valence-electron chi connectivity index (χ0n) is 16.1. The third kappa shape index (κ3) is 4.16. The number of carbonyl (C=O) groups is 1. The van der Waals surface area contributed by atoms with Crippen LogP contribution >= 0.6 is 0 Å². The van der Waals surface area contributed by atoms with Gasteiger partial charge in [0.05, 0.1) is 5.39 Å². The standard InChI is InChI=1S/C20H24N6O2/c1-3-5-6-17(27)24-16-8-7-13(11-22-16)14-10-15-18(23-12-14)25-20(21)26(9-4-2)19(15)28/h7-8,10-12H,3-6,9H2,1-2H3,(H2,21,23,25)(H,22,24,27). The van der Waals surface area contributed by atoms with Gasteiger partial charge in [-0.3, -0.25) is 14.2 Å². The maximum atomic E-state index is 12.7. The number of hydrogen-bond acceptors (Lipinski definition) is 6. The molecule has 8 nitrogen and oxygen atoms in total. The maximum absolute atomic E-state index is 12.7. The first-order valence-electron chi connectivity index (χ1n) is 9.45. The highest BCUT2D eigenvalue weighted by Gasteiger charge is 2.11. The molecule has 0 unspecified atom stereocenters. The summed E-state index contributed by atoms with van der Waals surface area (Å²) in [4.78, 5) is 37.3. The van der Waals surface area contributed by atoms with Crippen LogP contribution < -0.4 is 16.6 Å². The van der Waals surface area contributed by atoms with E-state index in [1.807, 2.05) is 19.9 Å². The van der Waals surface area contributed by atoms with Crippen LogP contribution in [0, 0.1) is 0 Å². The van der Waals surface area contributed by atoms with E-state index < -0.39 is 0 Å². The summed E-state index contributed by atoms with van der Waals surface area (Å²) in [5.41, 5.74) is 7.54.